The molecule has 0 unspecified atom stereocenters. The summed E-state index contributed by atoms with van der Waals surface area (Å²) in [5.74, 6) is 0.328. The van der Waals surface area contributed by atoms with Crippen LogP contribution in [0.25, 0.3) is 111 Å². The molecular formula is C47H27N3O2. The molecule has 242 valence electrons. The van der Waals surface area contributed by atoms with Crippen molar-refractivity contribution in [3.8, 4) is 45.3 Å². The Bertz CT molecular complexity index is 3810. The first-order valence-electron chi connectivity index (χ1n) is 22.4. The third kappa shape index (κ3) is 4.53. The second kappa shape index (κ2) is 11.2. The average Bonchev–Trinajstić information content (AvgIpc) is 3.89. The molecule has 0 radical (unpaired) electrons. The molecule has 8 aromatic carbocycles. The molecule has 3 aromatic heterocycles. The van der Waals surface area contributed by atoms with Crippen LogP contribution in [0.3, 0.4) is 0 Å². The third-order valence-electron chi connectivity index (χ3n) is 9.21. The van der Waals surface area contributed by atoms with Gasteiger partial charge in [-0.15, -0.1) is 0 Å². The zero-order valence-corrected chi connectivity index (χ0v) is 26.8. The van der Waals surface area contributed by atoms with Gasteiger partial charge in [-0.25, -0.2) is 15.0 Å². The fraction of sp³-hybridized carbons (Fsp3) is 0. The number of benzene rings is 8. The topological polar surface area (TPSA) is 65.0 Å². The summed E-state index contributed by atoms with van der Waals surface area (Å²) >= 11 is 0. The Balaban J connectivity index is 1.31. The highest BCUT2D eigenvalue weighted by molar-refractivity contribution is 6.15. The fourth-order valence-corrected chi connectivity index (χ4v) is 6.74. The molecule has 0 saturated heterocycles. The Morgan fingerprint density at radius 3 is 1.77 bits per heavy atom. The first-order valence-corrected chi connectivity index (χ1v) is 16.4. The van der Waals surface area contributed by atoms with Gasteiger partial charge < -0.3 is 8.83 Å². The van der Waals surface area contributed by atoms with E-state index >= 15 is 0 Å². The summed E-state index contributed by atoms with van der Waals surface area (Å²) in [5, 5.41) is 3.52. The Morgan fingerprint density at radius 2 is 1.04 bits per heavy atom. The second-order valence-electron chi connectivity index (χ2n) is 12.3. The predicted molar refractivity (Wildman–Crippen MR) is 211 cm³/mol. The summed E-state index contributed by atoms with van der Waals surface area (Å²) in [6, 6.07) is 21.9. The lowest BCUT2D eigenvalue weighted by Gasteiger charge is -2.12. The molecule has 0 aliphatic heterocycles. The number of rotatable bonds is 4. The van der Waals surface area contributed by atoms with Crippen molar-refractivity contribution in [2.45, 2.75) is 0 Å². The minimum Gasteiger partial charge on any atom is -0.456 e. The van der Waals surface area contributed by atoms with E-state index in [0.717, 1.165) is 21.5 Å². The quantitative estimate of drug-likeness (QED) is 0.185. The lowest BCUT2D eigenvalue weighted by Crippen LogP contribution is -2.01. The molecule has 0 saturated carbocycles. The SMILES string of the molecule is [2H]c1cc2c(oc3c([2H])c(-c4c([2H])c([2H])c([2H])c5c4oc4c([2H])c([2H])c([2H])c([2H])c45)c([2H])c(-c4nc(-c5ccc6ccccc6c5)nc(-c5ccc6ccccc6c5)n4)c32)c([2H])c1[2H]. The number of para-hydroxylation sites is 3. The maximum atomic E-state index is 10.1. The lowest BCUT2D eigenvalue weighted by molar-refractivity contribution is 0.668. The van der Waals surface area contributed by atoms with Gasteiger partial charge in [0.05, 0.1) is 16.4 Å². The van der Waals surface area contributed by atoms with Gasteiger partial charge in [-0.1, -0.05) is 127 Å². The summed E-state index contributed by atoms with van der Waals surface area (Å²) < 4.78 is 119. The van der Waals surface area contributed by atoms with Crippen LogP contribution in [0.5, 0.6) is 0 Å². The van der Waals surface area contributed by atoms with Crippen LogP contribution in [-0.2, 0) is 0 Å². The highest BCUT2D eigenvalue weighted by Gasteiger charge is 2.21. The Hall–Kier alpha value is -7.11. The van der Waals surface area contributed by atoms with Crippen molar-refractivity contribution in [3.05, 3.63) is 164 Å². The van der Waals surface area contributed by atoms with E-state index in [-0.39, 0.29) is 84.1 Å². The first-order chi connectivity index (χ1) is 30.7. The molecular weight excluding hydrogens is 639 g/mol. The molecule has 0 atom stereocenters. The van der Waals surface area contributed by atoms with Crippen LogP contribution in [0.15, 0.2) is 172 Å². The highest BCUT2D eigenvalue weighted by Crippen LogP contribution is 2.42. The molecule has 52 heavy (non-hydrogen) atoms. The zero-order chi connectivity index (χ0) is 44.6. The summed E-state index contributed by atoms with van der Waals surface area (Å²) in [6.45, 7) is 0. The van der Waals surface area contributed by atoms with Gasteiger partial charge in [-0.05, 0) is 63.4 Å². The van der Waals surface area contributed by atoms with Gasteiger partial charge in [0.2, 0.25) is 0 Å². The molecule has 5 nitrogen and oxygen atoms in total. The summed E-state index contributed by atoms with van der Waals surface area (Å²) in [4.78, 5) is 14.9. The molecule has 3 heterocycles. The fourth-order valence-electron chi connectivity index (χ4n) is 6.74. The number of hydrogen-bond donors (Lipinski definition) is 0. The molecule has 0 aliphatic rings. The van der Waals surface area contributed by atoms with Crippen molar-refractivity contribution < 1.29 is 25.3 Å². The minimum absolute atomic E-state index is 0.0612. The van der Waals surface area contributed by atoms with Crippen LogP contribution in [0.4, 0.5) is 0 Å². The monoisotopic (exact) mass is 677 g/mol. The number of hydrogen-bond acceptors (Lipinski definition) is 5. The van der Waals surface area contributed by atoms with Gasteiger partial charge >= 0.3 is 0 Å². The van der Waals surface area contributed by atoms with Gasteiger partial charge in [-0.2, -0.15) is 0 Å². The Morgan fingerprint density at radius 1 is 0.423 bits per heavy atom. The number of nitrogens with zero attached hydrogens (tertiary/aromatic N) is 3. The second-order valence-corrected chi connectivity index (χ2v) is 12.3. The highest BCUT2D eigenvalue weighted by atomic mass is 16.3. The van der Waals surface area contributed by atoms with E-state index in [0.29, 0.717) is 11.1 Å². The number of aromatic nitrogens is 3. The van der Waals surface area contributed by atoms with E-state index in [1.807, 2.05) is 84.9 Å². The smallest absolute Gasteiger partial charge is 0.164 e. The van der Waals surface area contributed by atoms with E-state index in [4.69, 9.17) is 36.1 Å². The number of furan rings is 2. The average molecular weight is 678 g/mol. The standard InChI is InChI=1S/C47H27N3O2/c1-3-12-30-24-32(22-20-28(30)10-1)45-48-46(33-23-21-29-11-2-4-13-31(29)25-33)50-47(49-45)39-26-34(27-42-43(39)38-15-6-8-19-41(38)51-42)35-16-9-17-37-36-14-5-7-18-40(36)52-44(35)37/h1-27H/i5D,6D,7D,8D,9D,14D,16D,17D,18D,19D,26D,27D. The minimum atomic E-state index is -0.661. The van der Waals surface area contributed by atoms with Crippen LogP contribution >= 0.6 is 0 Å². The Labute approximate surface area is 314 Å². The third-order valence-corrected chi connectivity index (χ3v) is 9.21. The summed E-state index contributed by atoms with van der Waals surface area (Å²) in [6.07, 6.45) is 0. The molecule has 5 heteroatoms. The molecule has 0 bridgehead atoms. The van der Waals surface area contributed by atoms with E-state index in [9.17, 15) is 4.11 Å². The van der Waals surface area contributed by atoms with Gasteiger partial charge in [0.25, 0.3) is 0 Å². The van der Waals surface area contributed by atoms with Crippen molar-refractivity contribution in [2.75, 3.05) is 0 Å². The first kappa shape index (κ1) is 19.3. The summed E-state index contributed by atoms with van der Waals surface area (Å²) in [7, 11) is 0. The van der Waals surface area contributed by atoms with Gasteiger partial charge in [-0.3, -0.25) is 0 Å². The lowest BCUT2D eigenvalue weighted by atomic mass is 9.96. The maximum Gasteiger partial charge on any atom is 0.164 e. The van der Waals surface area contributed by atoms with Gasteiger partial charge in [0.1, 0.15) is 22.3 Å². The van der Waals surface area contributed by atoms with Crippen molar-refractivity contribution in [3.63, 3.8) is 0 Å². The molecule has 11 aromatic rings. The van der Waals surface area contributed by atoms with Crippen molar-refractivity contribution in [1.82, 2.24) is 15.0 Å². The van der Waals surface area contributed by atoms with Crippen LogP contribution in [0.1, 0.15) is 16.4 Å². The van der Waals surface area contributed by atoms with E-state index < -0.39 is 66.5 Å². The van der Waals surface area contributed by atoms with Crippen molar-refractivity contribution in [1.29, 1.82) is 0 Å². The molecule has 0 N–H and O–H groups in total. The largest absolute Gasteiger partial charge is 0.456 e. The molecule has 0 aliphatic carbocycles. The molecule has 0 amide bonds. The van der Waals surface area contributed by atoms with Crippen LogP contribution in [0.2, 0.25) is 0 Å². The predicted octanol–water partition coefficient (Wildman–Crippen LogP) is 12.6. The van der Waals surface area contributed by atoms with Crippen molar-refractivity contribution in [2.24, 2.45) is 0 Å². The molecule has 11 rings (SSSR count). The van der Waals surface area contributed by atoms with Crippen LogP contribution in [-0.4, -0.2) is 15.0 Å². The van der Waals surface area contributed by atoms with E-state index in [2.05, 4.69) is 0 Å². The summed E-state index contributed by atoms with van der Waals surface area (Å²) in [5.41, 5.74) is -0.616. The van der Waals surface area contributed by atoms with E-state index in [1.54, 1.807) is 0 Å². The van der Waals surface area contributed by atoms with Gasteiger partial charge in [0.15, 0.2) is 17.5 Å². The molecule has 0 fully saturated rings. The number of fused-ring (bicyclic) bond motifs is 8. The zero-order valence-electron chi connectivity index (χ0n) is 38.8. The molecule has 0 spiro atoms. The maximum absolute atomic E-state index is 10.1. The van der Waals surface area contributed by atoms with Crippen LogP contribution < -0.4 is 0 Å². The van der Waals surface area contributed by atoms with Crippen LogP contribution in [0, 0.1) is 0 Å². The Kier molecular flexibility index (Phi) is 4.16. The normalized spacial score (nSPS) is 15.1. The van der Waals surface area contributed by atoms with E-state index in [1.165, 1.54) is 6.07 Å². The van der Waals surface area contributed by atoms with Crippen molar-refractivity contribution >= 4 is 65.4 Å². The van der Waals surface area contributed by atoms with Gasteiger partial charge in [0, 0.05) is 43.8 Å².